The minimum atomic E-state index is -0.539. The zero-order valence-electron chi connectivity index (χ0n) is 15.2. The third kappa shape index (κ3) is 3.00. The van der Waals surface area contributed by atoms with Crippen LogP contribution in [0.2, 0.25) is 0 Å². The van der Waals surface area contributed by atoms with Crippen LogP contribution in [-0.4, -0.2) is 22.2 Å². The first kappa shape index (κ1) is 17.0. The first-order valence-electron chi connectivity index (χ1n) is 9.64. The largest absolute Gasteiger partial charge is 0.508 e. The van der Waals surface area contributed by atoms with Crippen LogP contribution in [0.1, 0.15) is 74.3 Å². The van der Waals surface area contributed by atoms with Gasteiger partial charge in [-0.05, 0) is 76.2 Å². The van der Waals surface area contributed by atoms with Crippen LogP contribution in [0.25, 0.3) is 0 Å². The van der Waals surface area contributed by atoms with Crippen LogP contribution in [-0.2, 0) is 0 Å². The summed E-state index contributed by atoms with van der Waals surface area (Å²) in [6.45, 7) is 3.46. The van der Waals surface area contributed by atoms with E-state index in [0.29, 0.717) is 5.56 Å². The average molecular weight is 343 g/mol. The standard InChI is InChI=1S/C21H29NO3/c1-12(18-4-3-17(13(2)23)8-19(18)24)22-20(25)21-9-14-5-15(10-21)7-16(6-14)11-21/h3-4,8,12,14-16,20,22,24-25H,5-7,9-11H2,1-2H3. The summed E-state index contributed by atoms with van der Waals surface area (Å²) < 4.78 is 0. The summed E-state index contributed by atoms with van der Waals surface area (Å²) >= 11 is 0. The molecule has 4 aliphatic carbocycles. The van der Waals surface area contributed by atoms with Crippen LogP contribution >= 0.6 is 0 Å². The monoisotopic (exact) mass is 343 g/mol. The van der Waals surface area contributed by atoms with Crippen molar-refractivity contribution in [3.8, 4) is 5.75 Å². The first-order chi connectivity index (χ1) is 11.9. The fraction of sp³-hybridized carbons (Fsp3) is 0.667. The van der Waals surface area contributed by atoms with Crippen LogP contribution in [0, 0.1) is 23.2 Å². The molecule has 1 aromatic carbocycles. The lowest BCUT2D eigenvalue weighted by Gasteiger charge is -2.58. The summed E-state index contributed by atoms with van der Waals surface area (Å²) in [6.07, 6.45) is 6.93. The lowest BCUT2D eigenvalue weighted by Crippen LogP contribution is -2.56. The van der Waals surface area contributed by atoms with E-state index in [1.807, 2.05) is 6.92 Å². The summed E-state index contributed by atoms with van der Waals surface area (Å²) in [6, 6.07) is 4.89. The number of carbonyl (C=O) groups excluding carboxylic acids is 1. The molecule has 25 heavy (non-hydrogen) atoms. The Labute approximate surface area is 149 Å². The van der Waals surface area contributed by atoms with Gasteiger partial charge in [0.05, 0.1) is 0 Å². The van der Waals surface area contributed by atoms with Gasteiger partial charge in [0.25, 0.3) is 0 Å². The number of phenols is 1. The Morgan fingerprint density at radius 1 is 1.16 bits per heavy atom. The van der Waals surface area contributed by atoms with E-state index < -0.39 is 6.23 Å². The Morgan fingerprint density at radius 2 is 1.72 bits per heavy atom. The molecule has 0 aromatic heterocycles. The number of aliphatic hydroxyl groups excluding tert-OH is 1. The molecule has 4 aliphatic rings. The van der Waals surface area contributed by atoms with Gasteiger partial charge in [-0.25, -0.2) is 0 Å². The Bertz CT molecular complexity index is 648. The molecule has 0 heterocycles. The molecule has 4 bridgehead atoms. The van der Waals surface area contributed by atoms with Gasteiger partial charge in [0, 0.05) is 22.6 Å². The Morgan fingerprint density at radius 3 is 2.20 bits per heavy atom. The molecule has 4 nitrogen and oxygen atoms in total. The first-order valence-corrected chi connectivity index (χ1v) is 9.64. The highest BCUT2D eigenvalue weighted by Gasteiger charge is 2.54. The van der Waals surface area contributed by atoms with Crippen molar-refractivity contribution < 1.29 is 15.0 Å². The number of nitrogens with one attached hydrogen (secondary N) is 1. The molecule has 4 saturated carbocycles. The highest BCUT2D eigenvalue weighted by molar-refractivity contribution is 5.94. The lowest BCUT2D eigenvalue weighted by atomic mass is 9.49. The Balaban J connectivity index is 1.49. The van der Waals surface area contributed by atoms with Gasteiger partial charge in [-0.15, -0.1) is 0 Å². The molecule has 2 unspecified atom stereocenters. The number of Topliss-reactive ketones (excluding diaryl/α,β-unsaturated/α-hetero) is 1. The topological polar surface area (TPSA) is 69.6 Å². The second-order valence-corrected chi connectivity index (χ2v) is 8.90. The molecule has 0 amide bonds. The quantitative estimate of drug-likeness (QED) is 0.562. The van der Waals surface area contributed by atoms with Crippen LogP contribution in [0.15, 0.2) is 18.2 Å². The zero-order valence-corrected chi connectivity index (χ0v) is 15.2. The normalized spacial score (nSPS) is 35.6. The zero-order chi connectivity index (χ0) is 17.8. The summed E-state index contributed by atoms with van der Waals surface area (Å²) in [4.78, 5) is 11.4. The second-order valence-electron chi connectivity index (χ2n) is 8.90. The number of phenolic OH excluding ortho intramolecular Hbond substituents is 1. The van der Waals surface area contributed by atoms with Gasteiger partial charge in [-0.1, -0.05) is 12.1 Å². The van der Waals surface area contributed by atoms with Crippen molar-refractivity contribution in [1.82, 2.24) is 5.32 Å². The summed E-state index contributed by atoms with van der Waals surface area (Å²) in [7, 11) is 0. The van der Waals surface area contributed by atoms with E-state index in [-0.39, 0.29) is 23.0 Å². The minimum absolute atomic E-state index is 0.0119. The molecule has 0 saturated heterocycles. The van der Waals surface area contributed by atoms with E-state index in [1.54, 1.807) is 12.1 Å². The molecule has 5 rings (SSSR count). The van der Waals surface area contributed by atoms with Gasteiger partial charge in [-0.2, -0.15) is 0 Å². The van der Waals surface area contributed by atoms with Crippen LogP contribution < -0.4 is 5.32 Å². The van der Waals surface area contributed by atoms with E-state index in [1.165, 1.54) is 32.3 Å². The molecule has 1 aromatic rings. The van der Waals surface area contributed by atoms with Crippen molar-refractivity contribution in [2.24, 2.45) is 23.2 Å². The van der Waals surface area contributed by atoms with Gasteiger partial charge in [-0.3, -0.25) is 10.1 Å². The fourth-order valence-corrected chi connectivity index (χ4v) is 6.14. The maximum absolute atomic E-state index is 11.4. The molecular formula is C21H29NO3. The number of rotatable bonds is 5. The molecule has 4 heteroatoms. The van der Waals surface area contributed by atoms with Crippen LogP contribution in [0.3, 0.4) is 0 Å². The van der Waals surface area contributed by atoms with E-state index >= 15 is 0 Å². The smallest absolute Gasteiger partial charge is 0.159 e. The summed E-state index contributed by atoms with van der Waals surface area (Å²) in [5, 5.41) is 24.7. The average Bonchev–Trinajstić information content (AvgIpc) is 2.53. The number of ketones is 1. The molecule has 0 radical (unpaired) electrons. The second kappa shape index (κ2) is 6.10. The number of carbonyl (C=O) groups is 1. The van der Waals surface area contributed by atoms with Crippen molar-refractivity contribution in [1.29, 1.82) is 0 Å². The van der Waals surface area contributed by atoms with Crippen molar-refractivity contribution in [2.45, 2.75) is 64.6 Å². The van der Waals surface area contributed by atoms with Crippen molar-refractivity contribution in [2.75, 3.05) is 0 Å². The Hall–Kier alpha value is -1.39. The van der Waals surface area contributed by atoms with Gasteiger partial charge in [0.15, 0.2) is 5.78 Å². The van der Waals surface area contributed by atoms with Crippen LogP contribution in [0.4, 0.5) is 0 Å². The molecule has 2 atom stereocenters. The Kier molecular flexibility index (Phi) is 4.16. The van der Waals surface area contributed by atoms with Crippen molar-refractivity contribution >= 4 is 5.78 Å². The number of aromatic hydroxyl groups is 1. The molecule has 4 fully saturated rings. The van der Waals surface area contributed by atoms with E-state index in [0.717, 1.165) is 42.6 Å². The maximum atomic E-state index is 11.4. The predicted octanol–water partition coefficient (Wildman–Crippen LogP) is 3.78. The van der Waals surface area contributed by atoms with E-state index in [4.69, 9.17) is 0 Å². The molecule has 3 N–H and O–H groups in total. The van der Waals surface area contributed by atoms with Gasteiger partial charge < -0.3 is 10.2 Å². The number of aliphatic hydroxyl groups is 1. The highest BCUT2D eigenvalue weighted by Crippen LogP contribution is 2.61. The molecule has 136 valence electrons. The van der Waals surface area contributed by atoms with E-state index in [2.05, 4.69) is 5.32 Å². The molecule has 0 aliphatic heterocycles. The number of hydrogen-bond donors (Lipinski definition) is 3. The third-order valence-corrected chi connectivity index (χ3v) is 6.98. The van der Waals surface area contributed by atoms with Crippen molar-refractivity contribution in [3.63, 3.8) is 0 Å². The van der Waals surface area contributed by atoms with Gasteiger partial charge in [0.2, 0.25) is 0 Å². The van der Waals surface area contributed by atoms with Gasteiger partial charge >= 0.3 is 0 Å². The minimum Gasteiger partial charge on any atom is -0.508 e. The predicted molar refractivity (Wildman–Crippen MR) is 96.3 cm³/mol. The summed E-state index contributed by atoms with van der Waals surface area (Å²) in [5.41, 5.74) is 1.25. The summed E-state index contributed by atoms with van der Waals surface area (Å²) in [5.74, 6) is 2.44. The number of benzene rings is 1. The van der Waals surface area contributed by atoms with E-state index in [9.17, 15) is 15.0 Å². The maximum Gasteiger partial charge on any atom is 0.159 e. The van der Waals surface area contributed by atoms with Gasteiger partial charge in [0.1, 0.15) is 12.0 Å². The highest BCUT2D eigenvalue weighted by atomic mass is 16.3. The lowest BCUT2D eigenvalue weighted by molar-refractivity contribution is -0.133. The molecular weight excluding hydrogens is 314 g/mol. The number of hydrogen-bond acceptors (Lipinski definition) is 4. The SMILES string of the molecule is CC(=O)c1ccc(C(C)NC(O)C23CC4CC(CC(C4)C2)C3)c(O)c1. The van der Waals surface area contributed by atoms with Crippen LogP contribution in [0.5, 0.6) is 5.75 Å². The molecule has 0 spiro atoms. The van der Waals surface area contributed by atoms with Crippen molar-refractivity contribution in [3.05, 3.63) is 29.3 Å². The fourth-order valence-electron chi connectivity index (χ4n) is 6.14. The third-order valence-electron chi connectivity index (χ3n) is 6.98.